The number of aryl methyl sites for hydroxylation is 1. The molecule has 0 aliphatic carbocycles. The van der Waals surface area contributed by atoms with Crippen LogP contribution < -0.4 is 15.4 Å². The first kappa shape index (κ1) is 20.0. The molecule has 0 spiro atoms. The summed E-state index contributed by atoms with van der Waals surface area (Å²) >= 11 is 12.5. The maximum atomic E-state index is 8.74. The average molecular weight is 383 g/mol. The van der Waals surface area contributed by atoms with E-state index in [-0.39, 0.29) is 6.61 Å². The lowest BCUT2D eigenvalue weighted by Crippen LogP contribution is -2.28. The molecule has 0 atom stereocenters. The highest BCUT2D eigenvalue weighted by Crippen LogP contribution is 2.33. The van der Waals surface area contributed by atoms with Gasteiger partial charge in [0.15, 0.2) is 0 Å². The van der Waals surface area contributed by atoms with Crippen LogP contribution in [0, 0.1) is 6.92 Å². The quantitative estimate of drug-likeness (QED) is 0.550. The number of aliphatic hydroxyl groups is 1. The lowest BCUT2D eigenvalue weighted by Gasteiger charge is -2.15. The summed E-state index contributed by atoms with van der Waals surface area (Å²) in [7, 11) is 0. The van der Waals surface area contributed by atoms with Crippen molar-refractivity contribution >= 4 is 23.2 Å². The van der Waals surface area contributed by atoms with Gasteiger partial charge in [-0.1, -0.05) is 53.0 Å². The summed E-state index contributed by atoms with van der Waals surface area (Å²) in [6.07, 6.45) is 0. The van der Waals surface area contributed by atoms with E-state index in [0.29, 0.717) is 35.5 Å². The smallest absolute Gasteiger partial charge is 0.142 e. The maximum absolute atomic E-state index is 8.74. The Hall–Kier alpha value is -1.30. The topological polar surface area (TPSA) is 53.5 Å². The fourth-order valence-corrected chi connectivity index (χ4v) is 2.94. The lowest BCUT2D eigenvalue weighted by atomic mass is 10.1. The van der Waals surface area contributed by atoms with E-state index in [1.54, 1.807) is 6.07 Å². The molecule has 2 aromatic rings. The Balaban J connectivity index is 1.97. The standard InChI is InChI=1S/C19H24Cl2N2O2/c1-14-2-4-15(5-3-14)13-25-19-16(10-17(20)11-18(19)21)12-23-7-6-22-8-9-24/h2-5,10-11,22-24H,6-9,12-13H2,1H3. The van der Waals surface area contributed by atoms with Crippen LogP contribution in [0.2, 0.25) is 10.0 Å². The van der Waals surface area contributed by atoms with Gasteiger partial charge in [0.05, 0.1) is 11.6 Å². The van der Waals surface area contributed by atoms with Crippen LogP contribution in [0.1, 0.15) is 16.7 Å². The van der Waals surface area contributed by atoms with Crippen LogP contribution in [0.3, 0.4) is 0 Å². The van der Waals surface area contributed by atoms with E-state index in [2.05, 4.69) is 29.7 Å². The maximum Gasteiger partial charge on any atom is 0.142 e. The Labute approximate surface area is 159 Å². The van der Waals surface area contributed by atoms with Gasteiger partial charge in [-0.15, -0.1) is 0 Å². The van der Waals surface area contributed by atoms with Gasteiger partial charge in [0.1, 0.15) is 12.4 Å². The van der Waals surface area contributed by atoms with Gasteiger partial charge in [0.25, 0.3) is 0 Å². The van der Waals surface area contributed by atoms with E-state index in [9.17, 15) is 0 Å². The van der Waals surface area contributed by atoms with Crippen molar-refractivity contribution in [2.75, 3.05) is 26.2 Å². The van der Waals surface area contributed by atoms with Gasteiger partial charge in [-0.25, -0.2) is 0 Å². The van der Waals surface area contributed by atoms with Crippen LogP contribution in [0.25, 0.3) is 0 Å². The largest absolute Gasteiger partial charge is 0.487 e. The van der Waals surface area contributed by atoms with E-state index >= 15 is 0 Å². The molecule has 0 aromatic heterocycles. The molecule has 136 valence electrons. The number of benzene rings is 2. The van der Waals surface area contributed by atoms with Crippen molar-refractivity contribution in [3.8, 4) is 5.75 Å². The summed E-state index contributed by atoms with van der Waals surface area (Å²) in [6.45, 7) is 5.38. The van der Waals surface area contributed by atoms with Crippen LogP contribution in [0.5, 0.6) is 5.75 Å². The molecule has 0 saturated heterocycles. The molecule has 4 nitrogen and oxygen atoms in total. The molecule has 0 fully saturated rings. The Morgan fingerprint density at radius 1 is 1.00 bits per heavy atom. The number of hydrogen-bond acceptors (Lipinski definition) is 4. The number of aliphatic hydroxyl groups excluding tert-OH is 1. The van der Waals surface area contributed by atoms with Crippen molar-refractivity contribution in [3.63, 3.8) is 0 Å². The fraction of sp³-hybridized carbons (Fsp3) is 0.368. The van der Waals surface area contributed by atoms with E-state index in [0.717, 1.165) is 24.2 Å². The lowest BCUT2D eigenvalue weighted by molar-refractivity contribution is 0.292. The van der Waals surface area contributed by atoms with Crippen molar-refractivity contribution in [1.29, 1.82) is 0 Å². The zero-order chi connectivity index (χ0) is 18.1. The van der Waals surface area contributed by atoms with Gasteiger partial charge in [-0.3, -0.25) is 0 Å². The Bertz CT molecular complexity index is 663. The molecule has 6 heteroatoms. The predicted octanol–water partition coefficient (Wildman–Crippen LogP) is 3.55. The summed E-state index contributed by atoms with van der Waals surface area (Å²) in [5.41, 5.74) is 3.23. The van der Waals surface area contributed by atoms with Crippen LogP contribution in [0.4, 0.5) is 0 Å². The second-order valence-electron chi connectivity index (χ2n) is 5.80. The highest BCUT2D eigenvalue weighted by molar-refractivity contribution is 6.35. The van der Waals surface area contributed by atoms with Crippen LogP contribution in [0.15, 0.2) is 36.4 Å². The molecule has 0 amide bonds. The Morgan fingerprint density at radius 3 is 2.44 bits per heavy atom. The monoisotopic (exact) mass is 382 g/mol. The highest BCUT2D eigenvalue weighted by Gasteiger charge is 2.11. The first-order chi connectivity index (χ1) is 12.1. The zero-order valence-corrected chi connectivity index (χ0v) is 15.8. The molecular weight excluding hydrogens is 359 g/mol. The minimum Gasteiger partial charge on any atom is -0.487 e. The fourth-order valence-electron chi connectivity index (χ4n) is 2.35. The van der Waals surface area contributed by atoms with Gasteiger partial charge in [0.2, 0.25) is 0 Å². The molecule has 0 aliphatic heterocycles. The van der Waals surface area contributed by atoms with Crippen molar-refractivity contribution in [3.05, 3.63) is 63.1 Å². The molecule has 0 heterocycles. The molecule has 3 N–H and O–H groups in total. The first-order valence-electron chi connectivity index (χ1n) is 8.28. The van der Waals surface area contributed by atoms with E-state index in [1.165, 1.54) is 5.56 Å². The molecule has 0 bridgehead atoms. The molecule has 0 radical (unpaired) electrons. The summed E-state index contributed by atoms with van der Waals surface area (Å²) in [5, 5.41) is 16.3. The summed E-state index contributed by atoms with van der Waals surface area (Å²) in [4.78, 5) is 0. The van der Waals surface area contributed by atoms with Gasteiger partial charge in [-0.05, 0) is 24.6 Å². The second-order valence-corrected chi connectivity index (χ2v) is 6.64. The number of hydrogen-bond donors (Lipinski definition) is 3. The van der Waals surface area contributed by atoms with Crippen molar-refractivity contribution in [2.24, 2.45) is 0 Å². The zero-order valence-electron chi connectivity index (χ0n) is 14.3. The number of rotatable bonds is 10. The van der Waals surface area contributed by atoms with E-state index in [4.69, 9.17) is 33.0 Å². The third-order valence-corrected chi connectivity index (χ3v) is 4.17. The summed E-state index contributed by atoms with van der Waals surface area (Å²) in [5.74, 6) is 0.655. The van der Waals surface area contributed by atoms with E-state index in [1.807, 2.05) is 18.2 Å². The molecule has 2 aromatic carbocycles. The van der Waals surface area contributed by atoms with Crippen LogP contribution in [-0.4, -0.2) is 31.3 Å². The van der Waals surface area contributed by atoms with Gasteiger partial charge < -0.3 is 20.5 Å². The van der Waals surface area contributed by atoms with Gasteiger partial charge in [0, 0.05) is 36.8 Å². The molecule has 0 saturated carbocycles. The normalized spacial score (nSPS) is 10.9. The molecular formula is C19H24Cl2N2O2. The third kappa shape index (κ3) is 6.84. The van der Waals surface area contributed by atoms with Crippen molar-refractivity contribution in [2.45, 2.75) is 20.1 Å². The average Bonchev–Trinajstić information content (AvgIpc) is 2.58. The van der Waals surface area contributed by atoms with Crippen LogP contribution in [-0.2, 0) is 13.2 Å². The number of ether oxygens (including phenoxy) is 1. The first-order valence-corrected chi connectivity index (χ1v) is 9.04. The number of nitrogens with one attached hydrogen (secondary N) is 2. The summed E-state index contributed by atoms with van der Waals surface area (Å²) in [6, 6.07) is 11.8. The van der Waals surface area contributed by atoms with Gasteiger partial charge >= 0.3 is 0 Å². The van der Waals surface area contributed by atoms with Crippen LogP contribution >= 0.6 is 23.2 Å². The SMILES string of the molecule is Cc1ccc(COc2c(Cl)cc(Cl)cc2CNCCNCCO)cc1. The van der Waals surface area contributed by atoms with E-state index < -0.39 is 0 Å². The highest BCUT2D eigenvalue weighted by atomic mass is 35.5. The minimum atomic E-state index is 0.140. The Morgan fingerprint density at radius 2 is 1.72 bits per heavy atom. The Kier molecular flexibility index (Phi) is 8.52. The minimum absolute atomic E-state index is 0.140. The molecule has 0 aliphatic rings. The molecule has 25 heavy (non-hydrogen) atoms. The second kappa shape index (κ2) is 10.6. The van der Waals surface area contributed by atoms with Gasteiger partial charge in [-0.2, -0.15) is 0 Å². The molecule has 2 rings (SSSR count). The molecule has 0 unspecified atom stereocenters. The van der Waals surface area contributed by atoms with Crippen molar-refractivity contribution < 1.29 is 9.84 Å². The number of halogens is 2. The van der Waals surface area contributed by atoms with Crippen molar-refractivity contribution in [1.82, 2.24) is 10.6 Å². The predicted molar refractivity (Wildman–Crippen MR) is 104 cm³/mol. The third-order valence-electron chi connectivity index (χ3n) is 3.67. The summed E-state index contributed by atoms with van der Waals surface area (Å²) < 4.78 is 5.97.